The number of halogens is 1. The third-order valence-corrected chi connectivity index (χ3v) is 2.81. The molecule has 2 amide bonds. The van der Waals surface area contributed by atoms with Gasteiger partial charge in [-0.2, -0.15) is 0 Å². The Kier molecular flexibility index (Phi) is 8.41. The maximum atomic E-state index is 12.9. The topological polar surface area (TPSA) is 85.9 Å². The summed E-state index contributed by atoms with van der Waals surface area (Å²) in [6.07, 6.45) is -0.795. The number of rotatable bonds is 7. The quantitative estimate of drug-likeness (QED) is 0.759. The SMILES string of the molecule is CCOC(=O)Nc1ccc(OC/C(=C/F)CNC(=O)OC(C)(C)C)cc1. The van der Waals surface area contributed by atoms with Gasteiger partial charge in [-0.15, -0.1) is 0 Å². The van der Waals surface area contributed by atoms with Crippen LogP contribution in [-0.4, -0.2) is 37.5 Å². The molecular weight excluding hydrogens is 343 g/mol. The van der Waals surface area contributed by atoms with Crippen molar-refractivity contribution in [2.75, 3.05) is 25.1 Å². The van der Waals surface area contributed by atoms with Gasteiger partial charge in [0.1, 0.15) is 18.0 Å². The van der Waals surface area contributed by atoms with Gasteiger partial charge >= 0.3 is 12.2 Å². The Morgan fingerprint density at radius 2 is 1.81 bits per heavy atom. The summed E-state index contributed by atoms with van der Waals surface area (Å²) >= 11 is 0. The molecule has 1 rings (SSSR count). The zero-order chi connectivity index (χ0) is 19.6. The Labute approximate surface area is 152 Å². The Hall–Kier alpha value is -2.77. The van der Waals surface area contributed by atoms with Gasteiger partial charge < -0.3 is 19.5 Å². The maximum absolute atomic E-state index is 12.9. The maximum Gasteiger partial charge on any atom is 0.411 e. The molecule has 0 unspecified atom stereocenters. The van der Waals surface area contributed by atoms with Gasteiger partial charge in [0.2, 0.25) is 0 Å². The van der Waals surface area contributed by atoms with Gasteiger partial charge in [0.05, 0.1) is 12.9 Å². The number of nitrogens with one attached hydrogen (secondary N) is 2. The Balaban J connectivity index is 2.44. The second-order valence-corrected chi connectivity index (χ2v) is 6.28. The van der Waals surface area contributed by atoms with Crippen molar-refractivity contribution in [3.8, 4) is 5.75 Å². The van der Waals surface area contributed by atoms with Crippen LogP contribution in [0.2, 0.25) is 0 Å². The number of carbonyl (C=O) groups is 2. The summed E-state index contributed by atoms with van der Waals surface area (Å²) in [5.74, 6) is 0.482. The van der Waals surface area contributed by atoms with Crippen LogP contribution < -0.4 is 15.4 Å². The van der Waals surface area contributed by atoms with Gasteiger partial charge in [-0.25, -0.2) is 14.0 Å². The molecule has 0 saturated carbocycles. The lowest BCUT2D eigenvalue weighted by molar-refractivity contribution is 0.0531. The average molecular weight is 368 g/mol. The van der Waals surface area contributed by atoms with E-state index in [-0.39, 0.29) is 25.3 Å². The van der Waals surface area contributed by atoms with Gasteiger partial charge in [0.25, 0.3) is 0 Å². The molecule has 26 heavy (non-hydrogen) atoms. The molecule has 1 aromatic carbocycles. The molecule has 0 aliphatic rings. The van der Waals surface area contributed by atoms with Crippen LogP contribution in [0.5, 0.6) is 5.75 Å². The first kappa shape index (κ1) is 21.3. The fraction of sp³-hybridized carbons (Fsp3) is 0.444. The summed E-state index contributed by atoms with van der Waals surface area (Å²) in [6, 6.07) is 6.51. The summed E-state index contributed by atoms with van der Waals surface area (Å²) in [4.78, 5) is 22.9. The standard InChI is InChI=1S/C18H25FN2O5/c1-5-24-17(23)21-14-6-8-15(9-7-14)25-12-13(10-19)11-20-16(22)26-18(2,3)4/h6-10H,5,11-12H2,1-4H3,(H,20,22)(H,21,23)/b13-10+. The van der Waals surface area contributed by atoms with Gasteiger partial charge in [-0.05, 0) is 52.0 Å². The molecule has 0 saturated heterocycles. The van der Waals surface area contributed by atoms with Crippen LogP contribution in [-0.2, 0) is 9.47 Å². The number of hydrogen-bond donors (Lipinski definition) is 2. The normalized spacial score (nSPS) is 11.5. The van der Waals surface area contributed by atoms with Gasteiger partial charge in [-0.1, -0.05) is 0 Å². The highest BCUT2D eigenvalue weighted by molar-refractivity contribution is 5.84. The molecule has 2 N–H and O–H groups in total. The van der Waals surface area contributed by atoms with Crippen LogP contribution in [0.25, 0.3) is 0 Å². The van der Waals surface area contributed by atoms with Crippen molar-refractivity contribution in [3.63, 3.8) is 0 Å². The lowest BCUT2D eigenvalue weighted by Crippen LogP contribution is -2.34. The average Bonchev–Trinajstić information content (AvgIpc) is 2.55. The number of benzene rings is 1. The zero-order valence-corrected chi connectivity index (χ0v) is 15.4. The van der Waals surface area contributed by atoms with Crippen LogP contribution in [0, 0.1) is 0 Å². The third kappa shape index (κ3) is 8.91. The van der Waals surface area contributed by atoms with Crippen molar-refractivity contribution >= 4 is 17.9 Å². The van der Waals surface area contributed by atoms with E-state index in [0.29, 0.717) is 17.8 Å². The Bertz CT molecular complexity index is 623. The largest absolute Gasteiger partial charge is 0.489 e. The highest BCUT2D eigenvalue weighted by Gasteiger charge is 2.16. The minimum absolute atomic E-state index is 0.0338. The van der Waals surface area contributed by atoms with Crippen molar-refractivity contribution in [2.24, 2.45) is 0 Å². The molecule has 0 aliphatic heterocycles. The molecule has 0 aromatic heterocycles. The molecule has 0 bridgehead atoms. The minimum atomic E-state index is -0.633. The predicted molar refractivity (Wildman–Crippen MR) is 96.0 cm³/mol. The minimum Gasteiger partial charge on any atom is -0.489 e. The number of ether oxygens (including phenoxy) is 3. The molecule has 0 heterocycles. The fourth-order valence-corrected chi connectivity index (χ4v) is 1.72. The van der Waals surface area contributed by atoms with Crippen LogP contribution in [0.4, 0.5) is 19.7 Å². The van der Waals surface area contributed by atoms with Crippen LogP contribution in [0.15, 0.2) is 36.2 Å². The van der Waals surface area contributed by atoms with Gasteiger partial charge in [0.15, 0.2) is 0 Å². The number of alkyl carbamates (subject to hydrolysis) is 1. The lowest BCUT2D eigenvalue weighted by atomic mass is 10.2. The van der Waals surface area contributed by atoms with E-state index in [9.17, 15) is 14.0 Å². The summed E-state index contributed by atoms with van der Waals surface area (Å²) in [5, 5.41) is 5.01. The van der Waals surface area contributed by atoms with Gasteiger partial charge in [0, 0.05) is 17.8 Å². The predicted octanol–water partition coefficient (Wildman–Crippen LogP) is 4.01. The number of amides is 2. The Morgan fingerprint density at radius 3 is 2.35 bits per heavy atom. The smallest absolute Gasteiger partial charge is 0.411 e. The first-order chi connectivity index (χ1) is 12.2. The molecule has 8 heteroatoms. The van der Waals surface area contributed by atoms with E-state index < -0.39 is 17.8 Å². The number of carbonyl (C=O) groups excluding carboxylic acids is 2. The van der Waals surface area contributed by atoms with E-state index in [2.05, 4.69) is 10.6 Å². The molecule has 0 fully saturated rings. The van der Waals surface area contributed by atoms with Crippen molar-refractivity contribution in [1.82, 2.24) is 5.32 Å². The van der Waals surface area contributed by atoms with Gasteiger partial charge in [-0.3, -0.25) is 5.32 Å². The number of hydrogen-bond acceptors (Lipinski definition) is 5. The first-order valence-corrected chi connectivity index (χ1v) is 8.15. The van der Waals surface area contributed by atoms with Crippen molar-refractivity contribution in [3.05, 3.63) is 36.2 Å². The van der Waals surface area contributed by atoms with Crippen LogP contribution >= 0.6 is 0 Å². The molecule has 144 valence electrons. The summed E-state index contributed by atoms with van der Waals surface area (Å²) < 4.78 is 28.2. The molecule has 0 aliphatic carbocycles. The molecule has 1 aromatic rings. The number of anilines is 1. The van der Waals surface area contributed by atoms with Crippen molar-refractivity contribution < 1.29 is 28.2 Å². The van der Waals surface area contributed by atoms with Crippen molar-refractivity contribution in [2.45, 2.75) is 33.3 Å². The highest BCUT2D eigenvalue weighted by atomic mass is 19.1. The second kappa shape index (κ2) is 10.3. The van der Waals surface area contributed by atoms with Crippen molar-refractivity contribution in [1.29, 1.82) is 0 Å². The third-order valence-electron chi connectivity index (χ3n) is 2.81. The van der Waals surface area contributed by atoms with Crippen LogP contribution in [0.1, 0.15) is 27.7 Å². The molecule has 0 radical (unpaired) electrons. The highest BCUT2D eigenvalue weighted by Crippen LogP contribution is 2.16. The summed E-state index contributed by atoms with van der Waals surface area (Å²) in [5.41, 5.74) is 0.160. The summed E-state index contributed by atoms with van der Waals surface area (Å²) in [6.45, 7) is 7.13. The van der Waals surface area contributed by atoms with E-state index in [0.717, 1.165) is 0 Å². The Morgan fingerprint density at radius 1 is 1.15 bits per heavy atom. The summed E-state index contributed by atoms with van der Waals surface area (Å²) in [7, 11) is 0. The van der Waals surface area contributed by atoms with Crippen LogP contribution in [0.3, 0.4) is 0 Å². The van der Waals surface area contributed by atoms with E-state index >= 15 is 0 Å². The molecule has 7 nitrogen and oxygen atoms in total. The van der Waals surface area contributed by atoms with E-state index in [1.807, 2.05) is 0 Å². The fourth-order valence-electron chi connectivity index (χ4n) is 1.72. The van der Waals surface area contributed by atoms with E-state index in [1.165, 1.54) is 0 Å². The lowest BCUT2D eigenvalue weighted by Gasteiger charge is -2.20. The zero-order valence-electron chi connectivity index (χ0n) is 15.4. The molecular formula is C18H25FN2O5. The second-order valence-electron chi connectivity index (χ2n) is 6.28. The molecule has 0 spiro atoms. The monoisotopic (exact) mass is 368 g/mol. The van der Waals surface area contributed by atoms with E-state index in [4.69, 9.17) is 14.2 Å². The van der Waals surface area contributed by atoms with E-state index in [1.54, 1.807) is 52.0 Å². The first-order valence-electron chi connectivity index (χ1n) is 8.15. The molecule has 0 atom stereocenters.